The van der Waals surface area contributed by atoms with E-state index >= 15 is 0 Å². The summed E-state index contributed by atoms with van der Waals surface area (Å²) in [6.07, 6.45) is 1.62. The van der Waals surface area contributed by atoms with Crippen LogP contribution in [-0.4, -0.2) is 27.8 Å². The summed E-state index contributed by atoms with van der Waals surface area (Å²) in [6, 6.07) is 16.9. The summed E-state index contributed by atoms with van der Waals surface area (Å²) in [5.41, 5.74) is 1.62. The van der Waals surface area contributed by atoms with Gasteiger partial charge in [-0.15, -0.1) is 10.2 Å². The number of nitrogens with one attached hydrogen (secondary N) is 1. The van der Waals surface area contributed by atoms with Gasteiger partial charge in [-0.05, 0) is 29.8 Å². The van der Waals surface area contributed by atoms with Crippen LogP contribution in [0, 0.1) is 0 Å². The fourth-order valence-electron chi connectivity index (χ4n) is 2.27. The van der Waals surface area contributed by atoms with Crippen molar-refractivity contribution < 1.29 is 9.53 Å². The van der Waals surface area contributed by atoms with Crippen molar-refractivity contribution in [3.8, 4) is 5.75 Å². The summed E-state index contributed by atoms with van der Waals surface area (Å²) in [7, 11) is 3.46. The molecule has 3 rings (SSSR count). The zero-order chi connectivity index (χ0) is 17.6. The molecule has 1 aromatic heterocycles. The lowest BCUT2D eigenvalue weighted by Crippen LogP contribution is -2.19. The van der Waals surface area contributed by atoms with Crippen LogP contribution in [0.5, 0.6) is 5.75 Å². The van der Waals surface area contributed by atoms with Gasteiger partial charge in [-0.1, -0.05) is 42.1 Å². The smallest absolute Gasteiger partial charge is 0.242 e. The van der Waals surface area contributed by atoms with Gasteiger partial charge in [0.2, 0.25) is 5.91 Å². The molecule has 0 radical (unpaired) electrons. The summed E-state index contributed by atoms with van der Waals surface area (Å²) in [5, 5.41) is 11.1. The van der Waals surface area contributed by atoms with Crippen molar-refractivity contribution in [2.24, 2.45) is 7.05 Å². The Kier molecular flexibility index (Phi) is 5.35. The van der Waals surface area contributed by atoms with Gasteiger partial charge < -0.3 is 14.6 Å². The van der Waals surface area contributed by atoms with Crippen molar-refractivity contribution >= 4 is 23.4 Å². The molecule has 1 heterocycles. The Morgan fingerprint density at radius 3 is 2.48 bits per heavy atom. The largest absolute Gasteiger partial charge is 0.497 e. The van der Waals surface area contributed by atoms with Gasteiger partial charge in [0.15, 0.2) is 5.16 Å². The van der Waals surface area contributed by atoms with E-state index in [0.717, 1.165) is 11.3 Å². The fraction of sp³-hybridized carbons (Fsp3) is 0.167. The first-order valence-electron chi connectivity index (χ1n) is 7.68. The number of anilines is 1. The molecule has 0 saturated carbocycles. The van der Waals surface area contributed by atoms with Crippen LogP contribution in [0.4, 0.5) is 5.69 Å². The van der Waals surface area contributed by atoms with E-state index in [1.807, 2.05) is 61.6 Å². The predicted molar refractivity (Wildman–Crippen MR) is 97.7 cm³/mol. The van der Waals surface area contributed by atoms with Crippen molar-refractivity contribution in [3.63, 3.8) is 0 Å². The lowest BCUT2D eigenvalue weighted by atomic mass is 10.1. The van der Waals surface area contributed by atoms with E-state index in [-0.39, 0.29) is 5.91 Å². The molecule has 1 N–H and O–H groups in total. The summed E-state index contributed by atoms with van der Waals surface area (Å²) >= 11 is 1.36. The third kappa shape index (κ3) is 4.19. The molecule has 1 amide bonds. The van der Waals surface area contributed by atoms with Crippen LogP contribution < -0.4 is 10.1 Å². The Balaban J connectivity index is 1.82. The third-order valence-corrected chi connectivity index (χ3v) is 4.89. The molecule has 7 heteroatoms. The average Bonchev–Trinajstić information content (AvgIpc) is 3.05. The Morgan fingerprint density at radius 2 is 1.88 bits per heavy atom. The Hall–Kier alpha value is -2.80. The molecule has 6 nitrogen and oxygen atoms in total. The number of ether oxygens (including phenoxy) is 1. The second-order valence-corrected chi connectivity index (χ2v) is 6.42. The van der Waals surface area contributed by atoms with Gasteiger partial charge in [-0.25, -0.2) is 0 Å². The molecule has 0 unspecified atom stereocenters. The molecule has 0 fully saturated rings. The van der Waals surface area contributed by atoms with Crippen molar-refractivity contribution in [3.05, 3.63) is 66.5 Å². The Morgan fingerprint density at radius 1 is 1.16 bits per heavy atom. The second-order valence-electron chi connectivity index (χ2n) is 5.35. The molecule has 0 saturated heterocycles. The number of thioether (sulfide) groups is 1. The molecule has 0 bridgehead atoms. The molecule has 128 valence electrons. The second kappa shape index (κ2) is 7.85. The molecule has 25 heavy (non-hydrogen) atoms. The van der Waals surface area contributed by atoms with E-state index < -0.39 is 5.25 Å². The lowest BCUT2D eigenvalue weighted by molar-refractivity contribution is -0.115. The first-order valence-corrected chi connectivity index (χ1v) is 8.56. The number of benzene rings is 2. The van der Waals surface area contributed by atoms with Crippen LogP contribution in [0.2, 0.25) is 0 Å². The van der Waals surface area contributed by atoms with E-state index in [4.69, 9.17) is 4.74 Å². The van der Waals surface area contributed by atoms with Crippen LogP contribution in [0.1, 0.15) is 10.8 Å². The standard InChI is InChI=1S/C18H18N4O2S/c1-22-12-19-21-18(22)25-16(13-6-4-3-5-7-13)17(23)20-14-8-10-15(24-2)11-9-14/h3-12,16H,1-2H3,(H,20,23)/t16-/m1/s1. The molecule has 2 aromatic carbocycles. The Labute approximate surface area is 150 Å². The van der Waals surface area contributed by atoms with E-state index in [9.17, 15) is 4.79 Å². The number of carbonyl (C=O) groups is 1. The van der Waals surface area contributed by atoms with E-state index in [2.05, 4.69) is 15.5 Å². The van der Waals surface area contributed by atoms with Gasteiger partial charge in [0.05, 0.1) is 7.11 Å². The van der Waals surface area contributed by atoms with Crippen LogP contribution >= 0.6 is 11.8 Å². The minimum atomic E-state index is -0.439. The zero-order valence-electron chi connectivity index (χ0n) is 13.9. The van der Waals surface area contributed by atoms with Gasteiger partial charge in [-0.3, -0.25) is 4.79 Å². The van der Waals surface area contributed by atoms with Crippen LogP contribution in [0.3, 0.4) is 0 Å². The lowest BCUT2D eigenvalue weighted by Gasteiger charge is -2.16. The van der Waals surface area contributed by atoms with E-state index in [0.29, 0.717) is 10.8 Å². The monoisotopic (exact) mass is 354 g/mol. The number of hydrogen-bond acceptors (Lipinski definition) is 5. The average molecular weight is 354 g/mol. The number of methoxy groups -OCH3 is 1. The SMILES string of the molecule is COc1ccc(NC(=O)[C@H](Sc2nncn2C)c2ccccc2)cc1. The van der Waals surface area contributed by atoms with Crippen LogP contribution in [0.25, 0.3) is 0 Å². The van der Waals surface area contributed by atoms with E-state index in [1.165, 1.54) is 11.8 Å². The topological polar surface area (TPSA) is 69.0 Å². The quantitative estimate of drug-likeness (QED) is 0.688. The van der Waals surface area contributed by atoms with Gasteiger partial charge in [0.1, 0.15) is 17.3 Å². The first-order chi connectivity index (χ1) is 12.2. The molecule has 0 aliphatic carbocycles. The summed E-state index contributed by atoms with van der Waals surface area (Å²) < 4.78 is 6.93. The highest BCUT2D eigenvalue weighted by atomic mass is 32.2. The summed E-state index contributed by atoms with van der Waals surface area (Å²) in [5.74, 6) is 0.621. The van der Waals surface area contributed by atoms with Crippen molar-refractivity contribution in [2.75, 3.05) is 12.4 Å². The normalized spacial score (nSPS) is 11.8. The first kappa shape index (κ1) is 17.0. The highest BCUT2D eigenvalue weighted by molar-refractivity contribution is 8.00. The maximum absolute atomic E-state index is 12.9. The maximum atomic E-state index is 12.9. The highest BCUT2D eigenvalue weighted by Gasteiger charge is 2.24. The zero-order valence-corrected chi connectivity index (χ0v) is 14.7. The molecular weight excluding hydrogens is 336 g/mol. The molecule has 3 aromatic rings. The predicted octanol–water partition coefficient (Wildman–Crippen LogP) is 3.30. The molecule has 0 spiro atoms. The number of rotatable bonds is 6. The van der Waals surface area contributed by atoms with Gasteiger partial charge >= 0.3 is 0 Å². The fourth-order valence-corrected chi connectivity index (χ4v) is 3.25. The minimum Gasteiger partial charge on any atom is -0.497 e. The number of aryl methyl sites for hydroxylation is 1. The molecule has 0 aliphatic rings. The van der Waals surface area contributed by atoms with Gasteiger partial charge in [0, 0.05) is 12.7 Å². The highest BCUT2D eigenvalue weighted by Crippen LogP contribution is 2.34. The van der Waals surface area contributed by atoms with E-state index in [1.54, 1.807) is 18.0 Å². The van der Waals surface area contributed by atoms with Crippen molar-refractivity contribution in [1.82, 2.24) is 14.8 Å². The number of carbonyl (C=O) groups excluding carboxylic acids is 1. The molecular formula is C18H18N4O2S. The molecule has 0 aliphatic heterocycles. The van der Waals surface area contributed by atoms with Crippen LogP contribution in [0.15, 0.2) is 66.1 Å². The number of hydrogen-bond donors (Lipinski definition) is 1. The maximum Gasteiger partial charge on any atom is 0.242 e. The minimum absolute atomic E-state index is 0.121. The Bertz CT molecular complexity index is 834. The number of nitrogens with zero attached hydrogens (tertiary/aromatic N) is 3. The van der Waals surface area contributed by atoms with Gasteiger partial charge in [-0.2, -0.15) is 0 Å². The van der Waals surface area contributed by atoms with Crippen LogP contribution in [-0.2, 0) is 11.8 Å². The summed E-state index contributed by atoms with van der Waals surface area (Å²) in [6.45, 7) is 0. The number of aromatic nitrogens is 3. The number of amides is 1. The van der Waals surface area contributed by atoms with Crippen molar-refractivity contribution in [1.29, 1.82) is 0 Å². The third-order valence-electron chi connectivity index (χ3n) is 3.59. The van der Waals surface area contributed by atoms with Gasteiger partial charge in [0.25, 0.3) is 0 Å². The van der Waals surface area contributed by atoms with Crippen molar-refractivity contribution in [2.45, 2.75) is 10.4 Å². The summed E-state index contributed by atoms with van der Waals surface area (Å²) in [4.78, 5) is 12.9. The molecule has 1 atom stereocenters.